The lowest BCUT2D eigenvalue weighted by atomic mass is 10.0. The summed E-state index contributed by atoms with van der Waals surface area (Å²) in [6.45, 7) is 5.46. The Morgan fingerprint density at radius 3 is 2.39 bits per heavy atom. The van der Waals surface area contributed by atoms with Crippen LogP contribution in [0.15, 0.2) is 52.3 Å². The summed E-state index contributed by atoms with van der Waals surface area (Å²) in [6.07, 6.45) is 1.91. The third-order valence-corrected chi connectivity index (χ3v) is 6.59. The van der Waals surface area contributed by atoms with E-state index in [1.807, 2.05) is 44.4 Å². The van der Waals surface area contributed by atoms with Gasteiger partial charge in [0.2, 0.25) is 15.9 Å². The van der Waals surface area contributed by atoms with Gasteiger partial charge < -0.3 is 10.1 Å². The normalized spacial score (nSPS) is 12.6. The number of rotatable bonds is 8. The lowest BCUT2D eigenvalue weighted by Crippen LogP contribution is -2.41. The maximum atomic E-state index is 12.9. The summed E-state index contributed by atoms with van der Waals surface area (Å²) in [6, 6.07) is 11.4. The summed E-state index contributed by atoms with van der Waals surface area (Å²) >= 11 is 1.50. The van der Waals surface area contributed by atoms with Crippen LogP contribution in [0.4, 0.5) is 5.69 Å². The first-order chi connectivity index (χ1) is 13.2. The van der Waals surface area contributed by atoms with Crippen molar-refractivity contribution >= 4 is 33.4 Å². The molecule has 6 nitrogen and oxygen atoms in total. The number of benzene rings is 2. The highest BCUT2D eigenvalue weighted by Gasteiger charge is 2.26. The minimum atomic E-state index is -3.95. The number of carbonyl (C=O) groups is 1. The molecule has 8 heteroatoms. The van der Waals surface area contributed by atoms with Gasteiger partial charge in [0.25, 0.3) is 0 Å². The van der Waals surface area contributed by atoms with E-state index in [-0.39, 0.29) is 16.6 Å². The fraction of sp³-hybridized carbons (Fsp3) is 0.350. The second-order valence-corrected chi connectivity index (χ2v) is 9.13. The number of thioether (sulfide) groups is 1. The zero-order chi connectivity index (χ0) is 20.9. The van der Waals surface area contributed by atoms with Gasteiger partial charge in [-0.15, -0.1) is 11.8 Å². The number of hydrogen-bond acceptors (Lipinski definition) is 5. The molecule has 1 atom stereocenters. The third-order valence-electron chi connectivity index (χ3n) is 4.23. The molecule has 0 saturated heterocycles. The lowest BCUT2D eigenvalue weighted by molar-refractivity contribution is -0.117. The van der Waals surface area contributed by atoms with Crippen molar-refractivity contribution in [2.24, 2.45) is 0 Å². The standard InChI is InChI=1S/C20H26N2O4S2/c1-13(2)15-10-11-17(26-4)19(12-15)28(24,25)22-14(3)20(23)21-16-8-6-7-9-18(16)27-5/h6-14,22H,1-5H3,(H,21,23). The molecule has 0 fully saturated rings. The SMILES string of the molecule is COc1ccc(C(C)C)cc1S(=O)(=O)NC(C)C(=O)Nc1ccccc1SC. The van der Waals surface area contributed by atoms with E-state index in [4.69, 9.17) is 4.74 Å². The average molecular weight is 423 g/mol. The monoisotopic (exact) mass is 422 g/mol. The van der Waals surface area contributed by atoms with Gasteiger partial charge in [0.1, 0.15) is 10.6 Å². The molecular weight excluding hydrogens is 396 g/mol. The molecule has 0 aliphatic rings. The van der Waals surface area contributed by atoms with Gasteiger partial charge in [0, 0.05) is 4.90 Å². The quantitative estimate of drug-likeness (QED) is 0.631. The van der Waals surface area contributed by atoms with Crippen molar-refractivity contribution in [3.8, 4) is 5.75 Å². The maximum absolute atomic E-state index is 12.9. The molecule has 2 aromatic rings. The summed E-state index contributed by atoms with van der Waals surface area (Å²) in [7, 11) is -2.54. The fourth-order valence-electron chi connectivity index (χ4n) is 2.60. The Hall–Kier alpha value is -2.03. The molecule has 2 rings (SSSR count). The first kappa shape index (κ1) is 22.3. The van der Waals surface area contributed by atoms with Gasteiger partial charge in [-0.05, 0) is 48.9 Å². The van der Waals surface area contributed by atoms with Crippen molar-refractivity contribution in [2.75, 3.05) is 18.7 Å². The second kappa shape index (κ2) is 9.45. The van der Waals surface area contributed by atoms with Gasteiger partial charge in [-0.1, -0.05) is 32.0 Å². The Balaban J connectivity index is 2.23. The van der Waals surface area contributed by atoms with Crippen LogP contribution in [0.3, 0.4) is 0 Å². The largest absolute Gasteiger partial charge is 0.495 e. The molecular formula is C20H26N2O4S2. The van der Waals surface area contributed by atoms with Gasteiger partial charge in [0.05, 0.1) is 18.8 Å². The molecule has 0 aliphatic carbocycles. The summed E-state index contributed by atoms with van der Waals surface area (Å²) < 4.78 is 33.5. The third kappa shape index (κ3) is 5.27. The molecule has 0 saturated carbocycles. The number of anilines is 1. The minimum absolute atomic E-state index is 0.0189. The lowest BCUT2D eigenvalue weighted by Gasteiger charge is -2.18. The number of para-hydroxylation sites is 1. The van der Waals surface area contributed by atoms with E-state index >= 15 is 0 Å². The van der Waals surface area contributed by atoms with Crippen molar-refractivity contribution in [2.45, 2.75) is 42.5 Å². The molecule has 2 N–H and O–H groups in total. The summed E-state index contributed by atoms with van der Waals surface area (Å²) in [4.78, 5) is 13.5. The van der Waals surface area contributed by atoms with Gasteiger partial charge >= 0.3 is 0 Å². The van der Waals surface area contributed by atoms with E-state index in [0.29, 0.717) is 5.69 Å². The molecule has 1 amide bonds. The topological polar surface area (TPSA) is 84.5 Å². The number of carbonyl (C=O) groups excluding carboxylic acids is 1. The van der Waals surface area contributed by atoms with Crippen LogP contribution < -0.4 is 14.8 Å². The number of nitrogens with one attached hydrogen (secondary N) is 2. The van der Waals surface area contributed by atoms with Crippen molar-refractivity contribution < 1.29 is 17.9 Å². The molecule has 0 aliphatic heterocycles. The highest BCUT2D eigenvalue weighted by Crippen LogP contribution is 2.28. The number of methoxy groups -OCH3 is 1. The van der Waals surface area contributed by atoms with E-state index < -0.39 is 22.0 Å². The predicted octanol–water partition coefficient (Wildman–Crippen LogP) is 3.85. The van der Waals surface area contributed by atoms with Crippen LogP contribution >= 0.6 is 11.8 Å². The van der Waals surface area contributed by atoms with Crippen LogP contribution in [-0.4, -0.2) is 33.7 Å². The smallest absolute Gasteiger partial charge is 0.244 e. The first-order valence-corrected chi connectivity index (χ1v) is 11.5. The van der Waals surface area contributed by atoms with Crippen LogP contribution in [0.5, 0.6) is 5.75 Å². The van der Waals surface area contributed by atoms with Crippen LogP contribution in [0, 0.1) is 0 Å². The molecule has 0 spiro atoms. The molecule has 0 aromatic heterocycles. The van der Waals surface area contributed by atoms with E-state index in [2.05, 4.69) is 10.0 Å². The molecule has 2 aromatic carbocycles. The summed E-state index contributed by atoms with van der Waals surface area (Å²) in [5.74, 6) is -0.0510. The first-order valence-electron chi connectivity index (χ1n) is 8.83. The van der Waals surface area contributed by atoms with Gasteiger partial charge in [0.15, 0.2) is 0 Å². The van der Waals surface area contributed by atoms with Crippen LogP contribution in [0.1, 0.15) is 32.3 Å². The maximum Gasteiger partial charge on any atom is 0.244 e. The van der Waals surface area contributed by atoms with Crippen LogP contribution in [0.25, 0.3) is 0 Å². The minimum Gasteiger partial charge on any atom is -0.495 e. The Morgan fingerprint density at radius 1 is 1.11 bits per heavy atom. The highest BCUT2D eigenvalue weighted by atomic mass is 32.2. The second-order valence-electron chi connectivity index (χ2n) is 6.60. The molecule has 0 radical (unpaired) electrons. The van der Waals surface area contributed by atoms with Crippen molar-refractivity contribution in [3.05, 3.63) is 48.0 Å². The molecule has 1 unspecified atom stereocenters. The number of ether oxygens (including phenoxy) is 1. The molecule has 28 heavy (non-hydrogen) atoms. The molecule has 0 heterocycles. The number of amides is 1. The highest BCUT2D eigenvalue weighted by molar-refractivity contribution is 7.98. The number of sulfonamides is 1. The van der Waals surface area contributed by atoms with Crippen LogP contribution in [0.2, 0.25) is 0 Å². The number of hydrogen-bond donors (Lipinski definition) is 2. The predicted molar refractivity (Wildman–Crippen MR) is 114 cm³/mol. The van der Waals surface area contributed by atoms with Gasteiger partial charge in [-0.25, -0.2) is 8.42 Å². The zero-order valence-electron chi connectivity index (χ0n) is 16.6. The molecule has 152 valence electrons. The van der Waals surface area contributed by atoms with Crippen molar-refractivity contribution in [1.29, 1.82) is 0 Å². The molecule has 0 bridgehead atoms. The average Bonchev–Trinajstić information content (AvgIpc) is 2.67. The Morgan fingerprint density at radius 2 is 1.79 bits per heavy atom. The van der Waals surface area contributed by atoms with E-state index in [1.165, 1.54) is 25.8 Å². The summed E-state index contributed by atoms with van der Waals surface area (Å²) in [5, 5.41) is 2.78. The summed E-state index contributed by atoms with van der Waals surface area (Å²) in [5.41, 5.74) is 1.51. The van der Waals surface area contributed by atoms with Crippen LogP contribution in [-0.2, 0) is 14.8 Å². The van der Waals surface area contributed by atoms with E-state index in [1.54, 1.807) is 18.2 Å². The van der Waals surface area contributed by atoms with E-state index in [0.717, 1.165) is 10.5 Å². The fourth-order valence-corrected chi connectivity index (χ4v) is 4.56. The zero-order valence-corrected chi connectivity index (χ0v) is 18.3. The van der Waals surface area contributed by atoms with Gasteiger partial charge in [-0.2, -0.15) is 4.72 Å². The van der Waals surface area contributed by atoms with Crippen molar-refractivity contribution in [1.82, 2.24) is 4.72 Å². The van der Waals surface area contributed by atoms with Gasteiger partial charge in [-0.3, -0.25) is 4.79 Å². The Kier molecular flexibility index (Phi) is 7.51. The Bertz CT molecular complexity index is 943. The van der Waals surface area contributed by atoms with Crippen molar-refractivity contribution in [3.63, 3.8) is 0 Å². The van der Waals surface area contributed by atoms with E-state index in [9.17, 15) is 13.2 Å². The Labute approximate surface area is 171 Å².